The van der Waals surface area contributed by atoms with Crippen molar-refractivity contribution in [2.75, 3.05) is 26.7 Å². The van der Waals surface area contributed by atoms with Gasteiger partial charge < -0.3 is 15.4 Å². The predicted molar refractivity (Wildman–Crippen MR) is 97.3 cm³/mol. The third kappa shape index (κ3) is 6.55. The van der Waals surface area contributed by atoms with Gasteiger partial charge in [0, 0.05) is 19.5 Å². The van der Waals surface area contributed by atoms with Crippen LogP contribution in [-0.4, -0.2) is 32.7 Å². The summed E-state index contributed by atoms with van der Waals surface area (Å²) < 4.78 is 18.8. The molecule has 0 saturated heterocycles. The fourth-order valence-electron chi connectivity index (χ4n) is 2.59. The molecule has 0 fully saturated rings. The largest absolute Gasteiger partial charge is 0.496 e. The van der Waals surface area contributed by atoms with Crippen LogP contribution in [0.15, 0.2) is 48.5 Å². The van der Waals surface area contributed by atoms with E-state index >= 15 is 0 Å². The first-order valence-corrected chi connectivity index (χ1v) is 8.53. The first-order chi connectivity index (χ1) is 12.2. The van der Waals surface area contributed by atoms with Crippen LogP contribution in [0.5, 0.6) is 5.75 Å². The molecule has 0 heterocycles. The Morgan fingerprint density at radius 1 is 0.960 bits per heavy atom. The number of carbonyl (C=O) groups excluding carboxylic acids is 1. The van der Waals surface area contributed by atoms with Crippen molar-refractivity contribution < 1.29 is 13.9 Å². The molecule has 0 radical (unpaired) electrons. The van der Waals surface area contributed by atoms with Gasteiger partial charge in [-0.15, -0.1) is 0 Å². The molecule has 4 nitrogen and oxygen atoms in total. The van der Waals surface area contributed by atoms with E-state index < -0.39 is 0 Å². The van der Waals surface area contributed by atoms with Crippen molar-refractivity contribution in [3.8, 4) is 5.75 Å². The van der Waals surface area contributed by atoms with Crippen molar-refractivity contribution >= 4 is 5.91 Å². The highest BCUT2D eigenvalue weighted by atomic mass is 19.1. The Hall–Kier alpha value is -2.40. The average Bonchev–Trinajstić information content (AvgIpc) is 2.63. The molecule has 0 aliphatic rings. The average molecular weight is 344 g/mol. The highest BCUT2D eigenvalue weighted by Crippen LogP contribution is 2.17. The minimum Gasteiger partial charge on any atom is -0.496 e. The lowest BCUT2D eigenvalue weighted by atomic mass is 10.1. The molecule has 0 atom stereocenters. The number of nitrogens with one attached hydrogen (secondary N) is 2. The van der Waals surface area contributed by atoms with E-state index in [2.05, 4.69) is 10.6 Å². The van der Waals surface area contributed by atoms with Crippen molar-refractivity contribution in [3.05, 3.63) is 65.5 Å². The van der Waals surface area contributed by atoms with E-state index in [1.807, 2.05) is 24.3 Å². The summed E-state index contributed by atoms with van der Waals surface area (Å²) in [6.07, 6.45) is 1.75. The Balaban J connectivity index is 1.57. The summed E-state index contributed by atoms with van der Waals surface area (Å²) in [4.78, 5) is 11.8. The Morgan fingerprint density at radius 3 is 2.40 bits per heavy atom. The second kappa shape index (κ2) is 10.5. The van der Waals surface area contributed by atoms with Crippen LogP contribution < -0.4 is 15.4 Å². The van der Waals surface area contributed by atoms with Gasteiger partial charge in [0.15, 0.2) is 0 Å². The molecule has 2 rings (SSSR count). The predicted octanol–water partition coefficient (Wildman–Crippen LogP) is 2.72. The van der Waals surface area contributed by atoms with E-state index in [1.165, 1.54) is 6.07 Å². The van der Waals surface area contributed by atoms with Crippen LogP contribution in [0, 0.1) is 5.82 Å². The lowest BCUT2D eigenvalue weighted by molar-refractivity contribution is -0.120. The molecule has 0 spiro atoms. The quantitative estimate of drug-likeness (QED) is 0.652. The van der Waals surface area contributed by atoms with E-state index in [4.69, 9.17) is 4.74 Å². The van der Waals surface area contributed by atoms with Gasteiger partial charge in [0.05, 0.1) is 7.11 Å². The first kappa shape index (κ1) is 18.9. The minimum absolute atomic E-state index is 0.0267. The molecule has 134 valence electrons. The van der Waals surface area contributed by atoms with Gasteiger partial charge in [0.25, 0.3) is 0 Å². The summed E-state index contributed by atoms with van der Waals surface area (Å²) in [5, 5.41) is 6.08. The molecule has 0 saturated carbocycles. The van der Waals surface area contributed by atoms with Gasteiger partial charge in [-0.2, -0.15) is 0 Å². The number of hydrogen-bond donors (Lipinski definition) is 2. The van der Waals surface area contributed by atoms with Crippen molar-refractivity contribution in [1.29, 1.82) is 0 Å². The second-order valence-corrected chi connectivity index (χ2v) is 5.75. The third-order valence-corrected chi connectivity index (χ3v) is 3.97. The van der Waals surface area contributed by atoms with Crippen molar-refractivity contribution in [3.63, 3.8) is 0 Å². The van der Waals surface area contributed by atoms with Gasteiger partial charge in [-0.25, -0.2) is 4.39 Å². The minimum atomic E-state index is -0.227. The second-order valence-electron chi connectivity index (χ2n) is 5.75. The van der Waals surface area contributed by atoms with Crippen LogP contribution in [0.4, 0.5) is 4.39 Å². The molecule has 2 N–H and O–H groups in total. The number of rotatable bonds is 10. The van der Waals surface area contributed by atoms with Crippen molar-refractivity contribution in [1.82, 2.24) is 10.6 Å². The third-order valence-electron chi connectivity index (χ3n) is 3.97. The number of hydrogen-bond acceptors (Lipinski definition) is 3. The monoisotopic (exact) mass is 344 g/mol. The van der Waals surface area contributed by atoms with Crippen molar-refractivity contribution in [2.24, 2.45) is 0 Å². The molecule has 25 heavy (non-hydrogen) atoms. The molecule has 0 aliphatic heterocycles. The van der Waals surface area contributed by atoms with Crippen molar-refractivity contribution in [2.45, 2.75) is 19.3 Å². The Bertz CT molecular complexity index is 676. The number of halogens is 1. The molecule has 1 amide bonds. The lowest BCUT2D eigenvalue weighted by Gasteiger charge is -2.09. The summed E-state index contributed by atoms with van der Waals surface area (Å²) in [6, 6.07) is 14.5. The summed E-state index contributed by atoms with van der Waals surface area (Å²) in [5.41, 5.74) is 1.77. The normalized spacial score (nSPS) is 10.5. The van der Waals surface area contributed by atoms with Gasteiger partial charge in [-0.3, -0.25) is 4.79 Å². The molecule has 0 unspecified atom stereocenters. The van der Waals surface area contributed by atoms with Crippen LogP contribution in [0.25, 0.3) is 0 Å². The van der Waals surface area contributed by atoms with Crippen LogP contribution in [0.3, 0.4) is 0 Å². The van der Waals surface area contributed by atoms with E-state index in [9.17, 15) is 9.18 Å². The Labute approximate surface area is 148 Å². The summed E-state index contributed by atoms with van der Waals surface area (Å²) in [6.45, 7) is 1.84. The van der Waals surface area contributed by atoms with Gasteiger partial charge in [-0.1, -0.05) is 36.4 Å². The number of amides is 1. The fraction of sp³-hybridized carbons (Fsp3) is 0.350. The Morgan fingerprint density at radius 2 is 1.64 bits per heavy atom. The topological polar surface area (TPSA) is 50.4 Å². The maximum Gasteiger partial charge on any atom is 0.221 e. The van der Waals surface area contributed by atoms with Crippen LogP contribution in [0.2, 0.25) is 0 Å². The number of methoxy groups -OCH3 is 1. The Kier molecular flexibility index (Phi) is 7.92. The molecule has 0 bridgehead atoms. The smallest absolute Gasteiger partial charge is 0.221 e. The van der Waals surface area contributed by atoms with Gasteiger partial charge in [-0.05, 0) is 42.6 Å². The number of benzene rings is 2. The summed E-state index contributed by atoms with van der Waals surface area (Å²) >= 11 is 0. The standard InChI is InChI=1S/C20H25FN2O2/c1-25-19-9-5-3-7-17(19)10-13-22-14-12-20(24)23-15-11-16-6-2-4-8-18(16)21/h2-9,22H,10-15H2,1H3,(H,23,24). The zero-order valence-electron chi connectivity index (χ0n) is 14.6. The highest BCUT2D eigenvalue weighted by molar-refractivity contribution is 5.76. The zero-order valence-corrected chi connectivity index (χ0v) is 14.6. The molecular weight excluding hydrogens is 319 g/mol. The zero-order chi connectivity index (χ0) is 17.9. The van der Waals surface area contributed by atoms with E-state index in [1.54, 1.807) is 25.3 Å². The maximum atomic E-state index is 13.5. The fourth-order valence-corrected chi connectivity index (χ4v) is 2.59. The lowest BCUT2D eigenvalue weighted by Crippen LogP contribution is -2.30. The molecule has 5 heteroatoms. The number of ether oxygens (including phenoxy) is 1. The van der Waals surface area contributed by atoms with E-state index in [0.717, 1.165) is 24.3 Å². The first-order valence-electron chi connectivity index (χ1n) is 8.53. The molecule has 0 aromatic heterocycles. The van der Waals surface area contributed by atoms with E-state index in [-0.39, 0.29) is 11.7 Å². The number of carbonyl (C=O) groups is 1. The SMILES string of the molecule is COc1ccccc1CCNCCC(=O)NCCc1ccccc1F. The summed E-state index contributed by atoms with van der Waals surface area (Å²) in [5.74, 6) is 0.631. The maximum absolute atomic E-state index is 13.5. The van der Waals surface area contributed by atoms with Crippen LogP contribution in [0.1, 0.15) is 17.5 Å². The highest BCUT2D eigenvalue weighted by Gasteiger charge is 2.04. The van der Waals surface area contributed by atoms with Gasteiger partial charge in [0.2, 0.25) is 5.91 Å². The molecule has 2 aromatic carbocycles. The van der Waals surface area contributed by atoms with E-state index in [0.29, 0.717) is 31.5 Å². The molecule has 0 aliphatic carbocycles. The molecule has 2 aromatic rings. The van der Waals surface area contributed by atoms with Crippen LogP contribution >= 0.6 is 0 Å². The van der Waals surface area contributed by atoms with Gasteiger partial charge >= 0.3 is 0 Å². The number of para-hydroxylation sites is 1. The van der Waals surface area contributed by atoms with Gasteiger partial charge in [0.1, 0.15) is 11.6 Å². The summed E-state index contributed by atoms with van der Waals surface area (Å²) in [7, 11) is 1.66. The van der Waals surface area contributed by atoms with Crippen LogP contribution in [-0.2, 0) is 17.6 Å². The molecular formula is C20H25FN2O2.